The fourth-order valence-corrected chi connectivity index (χ4v) is 2.06. The SMILES string of the molecule is CSCCNCC(O)COc1cc(C)cc(C)c1. The Bertz CT molecular complexity index is 337. The van der Waals surface area contributed by atoms with E-state index in [0.717, 1.165) is 18.0 Å². The number of aryl methyl sites for hydroxylation is 2. The molecule has 2 N–H and O–H groups in total. The van der Waals surface area contributed by atoms with Gasteiger partial charge in [-0.05, 0) is 43.4 Å². The predicted octanol–water partition coefficient (Wildman–Crippen LogP) is 2.00. The van der Waals surface area contributed by atoms with Gasteiger partial charge >= 0.3 is 0 Å². The minimum Gasteiger partial charge on any atom is -0.491 e. The highest BCUT2D eigenvalue weighted by Gasteiger charge is 2.05. The third kappa shape index (κ3) is 6.28. The van der Waals surface area contributed by atoms with Crippen molar-refractivity contribution in [3.05, 3.63) is 29.3 Å². The maximum atomic E-state index is 9.75. The average molecular weight is 269 g/mol. The van der Waals surface area contributed by atoms with Crippen LogP contribution in [0.2, 0.25) is 0 Å². The first kappa shape index (κ1) is 15.3. The van der Waals surface area contributed by atoms with Crippen LogP contribution >= 0.6 is 11.8 Å². The molecule has 0 radical (unpaired) electrons. The van der Waals surface area contributed by atoms with Crippen molar-refractivity contribution in [3.63, 3.8) is 0 Å². The van der Waals surface area contributed by atoms with Crippen LogP contribution in [0.5, 0.6) is 5.75 Å². The second-order valence-electron chi connectivity index (χ2n) is 4.49. The fraction of sp³-hybridized carbons (Fsp3) is 0.571. The molecule has 0 aromatic heterocycles. The van der Waals surface area contributed by atoms with Gasteiger partial charge in [0.05, 0.1) is 0 Å². The van der Waals surface area contributed by atoms with E-state index in [2.05, 4.69) is 17.6 Å². The lowest BCUT2D eigenvalue weighted by Crippen LogP contribution is -2.32. The lowest BCUT2D eigenvalue weighted by Gasteiger charge is -2.14. The minimum absolute atomic E-state index is 0.329. The Morgan fingerprint density at radius 2 is 1.94 bits per heavy atom. The Kier molecular flexibility index (Phi) is 7.16. The van der Waals surface area contributed by atoms with Crippen LogP contribution in [0.25, 0.3) is 0 Å². The molecule has 0 spiro atoms. The number of hydrogen-bond acceptors (Lipinski definition) is 4. The highest BCUT2D eigenvalue weighted by molar-refractivity contribution is 7.98. The first-order valence-electron chi connectivity index (χ1n) is 6.20. The molecule has 1 aromatic carbocycles. The monoisotopic (exact) mass is 269 g/mol. The quantitative estimate of drug-likeness (QED) is 0.708. The normalized spacial score (nSPS) is 12.4. The summed E-state index contributed by atoms with van der Waals surface area (Å²) in [5.74, 6) is 1.89. The molecule has 0 saturated heterocycles. The highest BCUT2D eigenvalue weighted by Crippen LogP contribution is 2.16. The zero-order valence-corrected chi connectivity index (χ0v) is 12.2. The zero-order valence-electron chi connectivity index (χ0n) is 11.4. The van der Waals surface area contributed by atoms with Gasteiger partial charge in [-0.3, -0.25) is 0 Å². The molecular weight excluding hydrogens is 246 g/mol. The van der Waals surface area contributed by atoms with Gasteiger partial charge in [-0.1, -0.05) is 6.07 Å². The van der Waals surface area contributed by atoms with Crippen molar-refractivity contribution in [3.8, 4) is 5.75 Å². The average Bonchev–Trinajstić information content (AvgIpc) is 2.31. The number of aliphatic hydroxyl groups excluding tert-OH is 1. The van der Waals surface area contributed by atoms with Crippen molar-refractivity contribution >= 4 is 11.8 Å². The fourth-order valence-electron chi connectivity index (χ4n) is 1.71. The Morgan fingerprint density at radius 1 is 1.28 bits per heavy atom. The molecular formula is C14H23NO2S. The number of rotatable bonds is 8. The van der Waals surface area contributed by atoms with E-state index in [1.807, 2.05) is 26.0 Å². The smallest absolute Gasteiger partial charge is 0.119 e. The van der Waals surface area contributed by atoms with E-state index < -0.39 is 6.10 Å². The van der Waals surface area contributed by atoms with Gasteiger partial charge < -0.3 is 15.2 Å². The second kappa shape index (κ2) is 8.40. The van der Waals surface area contributed by atoms with E-state index in [0.29, 0.717) is 13.2 Å². The van der Waals surface area contributed by atoms with E-state index in [4.69, 9.17) is 4.74 Å². The number of benzene rings is 1. The maximum Gasteiger partial charge on any atom is 0.119 e. The molecule has 102 valence electrons. The molecule has 1 aromatic rings. The minimum atomic E-state index is -0.465. The molecule has 1 atom stereocenters. The Hall–Kier alpha value is -0.710. The summed E-state index contributed by atoms with van der Waals surface area (Å²) in [6.45, 7) is 5.91. The lowest BCUT2D eigenvalue weighted by atomic mass is 10.1. The number of aliphatic hydroxyl groups is 1. The predicted molar refractivity (Wildman–Crippen MR) is 78.7 cm³/mol. The van der Waals surface area contributed by atoms with Crippen LogP contribution in [0.15, 0.2) is 18.2 Å². The lowest BCUT2D eigenvalue weighted by molar-refractivity contribution is 0.107. The molecule has 1 unspecified atom stereocenters. The summed E-state index contributed by atoms with van der Waals surface area (Å²) < 4.78 is 5.59. The van der Waals surface area contributed by atoms with Crippen molar-refractivity contribution in [1.82, 2.24) is 5.32 Å². The molecule has 1 rings (SSSR count). The molecule has 0 amide bonds. The molecule has 0 saturated carbocycles. The van der Waals surface area contributed by atoms with Gasteiger partial charge in [-0.2, -0.15) is 11.8 Å². The molecule has 0 fully saturated rings. The van der Waals surface area contributed by atoms with Crippen LogP contribution in [0, 0.1) is 13.8 Å². The Labute approximate surface area is 114 Å². The molecule has 0 aliphatic heterocycles. The summed E-state index contributed by atoms with van der Waals surface area (Å²) in [6, 6.07) is 6.08. The zero-order chi connectivity index (χ0) is 13.4. The third-order valence-electron chi connectivity index (χ3n) is 2.50. The number of hydrogen-bond donors (Lipinski definition) is 2. The van der Waals surface area contributed by atoms with Crippen molar-refractivity contribution in [1.29, 1.82) is 0 Å². The molecule has 4 heteroatoms. The van der Waals surface area contributed by atoms with E-state index >= 15 is 0 Å². The van der Waals surface area contributed by atoms with Crippen molar-refractivity contribution < 1.29 is 9.84 Å². The number of thioether (sulfide) groups is 1. The van der Waals surface area contributed by atoms with Gasteiger partial charge in [0.25, 0.3) is 0 Å². The van der Waals surface area contributed by atoms with Gasteiger partial charge in [0.2, 0.25) is 0 Å². The molecule has 0 aliphatic rings. The summed E-state index contributed by atoms with van der Waals surface area (Å²) in [6.07, 6.45) is 1.61. The van der Waals surface area contributed by atoms with E-state index in [1.165, 1.54) is 11.1 Å². The maximum absolute atomic E-state index is 9.75. The first-order chi connectivity index (χ1) is 8.61. The summed E-state index contributed by atoms with van der Waals surface area (Å²) in [5, 5.41) is 12.9. The van der Waals surface area contributed by atoms with Crippen LogP contribution in [0.3, 0.4) is 0 Å². The van der Waals surface area contributed by atoms with Crippen LogP contribution in [0.4, 0.5) is 0 Å². The summed E-state index contributed by atoms with van der Waals surface area (Å²) >= 11 is 1.79. The largest absolute Gasteiger partial charge is 0.491 e. The van der Waals surface area contributed by atoms with E-state index in [9.17, 15) is 5.11 Å². The third-order valence-corrected chi connectivity index (χ3v) is 3.11. The molecule has 0 bridgehead atoms. The van der Waals surface area contributed by atoms with Gasteiger partial charge in [-0.15, -0.1) is 0 Å². The van der Waals surface area contributed by atoms with Crippen molar-refractivity contribution in [2.45, 2.75) is 20.0 Å². The topological polar surface area (TPSA) is 41.5 Å². The summed E-state index contributed by atoms with van der Waals surface area (Å²) in [7, 11) is 0. The van der Waals surface area contributed by atoms with Crippen LogP contribution in [-0.2, 0) is 0 Å². The van der Waals surface area contributed by atoms with E-state index in [-0.39, 0.29) is 0 Å². The van der Waals surface area contributed by atoms with Gasteiger partial charge in [-0.25, -0.2) is 0 Å². The van der Waals surface area contributed by atoms with Gasteiger partial charge in [0.1, 0.15) is 18.5 Å². The molecule has 0 heterocycles. The Balaban J connectivity index is 2.26. The molecule has 18 heavy (non-hydrogen) atoms. The van der Waals surface area contributed by atoms with Crippen molar-refractivity contribution in [2.75, 3.05) is 31.7 Å². The van der Waals surface area contributed by atoms with E-state index in [1.54, 1.807) is 11.8 Å². The number of ether oxygens (including phenoxy) is 1. The van der Waals surface area contributed by atoms with Crippen LogP contribution in [-0.4, -0.2) is 42.9 Å². The van der Waals surface area contributed by atoms with Gasteiger partial charge in [0.15, 0.2) is 0 Å². The van der Waals surface area contributed by atoms with Crippen molar-refractivity contribution in [2.24, 2.45) is 0 Å². The molecule has 0 aliphatic carbocycles. The van der Waals surface area contributed by atoms with Gasteiger partial charge in [0, 0.05) is 18.8 Å². The first-order valence-corrected chi connectivity index (χ1v) is 7.60. The highest BCUT2D eigenvalue weighted by atomic mass is 32.2. The van der Waals surface area contributed by atoms with Crippen LogP contribution in [0.1, 0.15) is 11.1 Å². The summed E-state index contributed by atoms with van der Waals surface area (Å²) in [4.78, 5) is 0. The standard InChI is InChI=1S/C14H23NO2S/c1-11-6-12(2)8-14(7-11)17-10-13(16)9-15-4-5-18-3/h6-8,13,15-16H,4-5,9-10H2,1-3H3. The number of nitrogens with one attached hydrogen (secondary N) is 1. The molecule has 3 nitrogen and oxygen atoms in total. The second-order valence-corrected chi connectivity index (χ2v) is 5.47. The summed E-state index contributed by atoms with van der Waals surface area (Å²) in [5.41, 5.74) is 2.36. The Morgan fingerprint density at radius 3 is 2.56 bits per heavy atom. The van der Waals surface area contributed by atoms with Crippen LogP contribution < -0.4 is 10.1 Å².